The molecule has 0 unspecified atom stereocenters. The summed E-state index contributed by atoms with van der Waals surface area (Å²) < 4.78 is 4.38. The Bertz CT molecular complexity index is 703. The summed E-state index contributed by atoms with van der Waals surface area (Å²) in [5.41, 5.74) is 0.623. The van der Waals surface area contributed by atoms with Crippen LogP contribution in [-0.2, 0) is 6.42 Å². The van der Waals surface area contributed by atoms with Gasteiger partial charge in [-0.3, -0.25) is 4.79 Å². The Morgan fingerprint density at radius 1 is 1.29 bits per heavy atom. The van der Waals surface area contributed by atoms with Crippen molar-refractivity contribution >= 4 is 28.4 Å². The Morgan fingerprint density at radius 2 is 2.08 bits per heavy atom. The van der Waals surface area contributed by atoms with Crippen molar-refractivity contribution in [3.8, 4) is 0 Å². The lowest BCUT2D eigenvalue weighted by Crippen LogP contribution is -2.33. The lowest BCUT2D eigenvalue weighted by atomic mass is 10.2. The Balaban J connectivity index is 1.75. The van der Waals surface area contributed by atoms with Crippen molar-refractivity contribution in [1.82, 2.24) is 19.7 Å². The molecule has 3 heterocycles. The summed E-state index contributed by atoms with van der Waals surface area (Å²) in [6, 6.07) is 3.62. The second-order valence-corrected chi connectivity index (χ2v) is 6.36. The second-order valence-electron chi connectivity index (χ2n) is 5.63. The molecule has 0 spiro atoms. The normalized spacial score (nSPS) is 15.2. The Morgan fingerprint density at radius 3 is 2.83 bits per heavy atom. The van der Waals surface area contributed by atoms with E-state index in [4.69, 9.17) is 0 Å². The predicted molar refractivity (Wildman–Crippen MR) is 96.0 cm³/mol. The molecule has 0 aliphatic carbocycles. The maximum atomic E-state index is 12.1. The molecule has 24 heavy (non-hydrogen) atoms. The fourth-order valence-corrected chi connectivity index (χ4v) is 3.60. The number of rotatable bonds is 4. The second kappa shape index (κ2) is 7.57. The molecule has 128 valence electrons. The van der Waals surface area contributed by atoms with E-state index in [1.165, 1.54) is 11.5 Å². The standard InChI is InChI=1S/C16H22N6OS/c1-3-13-19-16(24-20-13)22-9-5-8-21(10-11-22)14-12(15(23)17-2)6-4-7-18-14/h4,6-7H,3,5,8-11H2,1-2H3,(H,17,23). The van der Waals surface area contributed by atoms with E-state index in [0.717, 1.165) is 55.8 Å². The molecule has 0 saturated carbocycles. The van der Waals surface area contributed by atoms with Gasteiger partial charge >= 0.3 is 0 Å². The summed E-state index contributed by atoms with van der Waals surface area (Å²) in [6.45, 7) is 5.54. The van der Waals surface area contributed by atoms with Crippen LogP contribution in [0.2, 0.25) is 0 Å². The van der Waals surface area contributed by atoms with Crippen LogP contribution in [0.3, 0.4) is 0 Å². The third-order valence-electron chi connectivity index (χ3n) is 4.10. The Kier molecular flexibility index (Phi) is 5.24. The summed E-state index contributed by atoms with van der Waals surface area (Å²) in [5, 5.41) is 3.67. The molecule has 0 atom stereocenters. The maximum Gasteiger partial charge on any atom is 0.254 e. The Labute approximate surface area is 145 Å². The van der Waals surface area contributed by atoms with Gasteiger partial charge in [-0.15, -0.1) is 0 Å². The van der Waals surface area contributed by atoms with Crippen molar-refractivity contribution in [3.63, 3.8) is 0 Å². The van der Waals surface area contributed by atoms with Crippen LogP contribution >= 0.6 is 11.5 Å². The largest absolute Gasteiger partial charge is 0.355 e. The van der Waals surface area contributed by atoms with E-state index in [1.807, 2.05) is 6.07 Å². The molecule has 0 aromatic carbocycles. The third-order valence-corrected chi connectivity index (χ3v) is 4.91. The zero-order chi connectivity index (χ0) is 16.9. The van der Waals surface area contributed by atoms with Gasteiger partial charge in [-0.25, -0.2) is 9.97 Å². The summed E-state index contributed by atoms with van der Waals surface area (Å²) in [6.07, 6.45) is 3.59. The first kappa shape index (κ1) is 16.6. The van der Waals surface area contributed by atoms with Gasteiger partial charge in [-0.1, -0.05) is 6.92 Å². The number of nitrogens with one attached hydrogen (secondary N) is 1. The molecule has 1 aliphatic rings. The smallest absolute Gasteiger partial charge is 0.254 e. The highest BCUT2D eigenvalue weighted by Crippen LogP contribution is 2.23. The van der Waals surface area contributed by atoms with Crippen LogP contribution in [0.1, 0.15) is 29.5 Å². The molecular weight excluding hydrogens is 324 g/mol. The number of anilines is 2. The number of amides is 1. The minimum Gasteiger partial charge on any atom is -0.355 e. The molecule has 8 heteroatoms. The monoisotopic (exact) mass is 346 g/mol. The molecule has 1 aliphatic heterocycles. The highest BCUT2D eigenvalue weighted by molar-refractivity contribution is 7.09. The summed E-state index contributed by atoms with van der Waals surface area (Å²) in [7, 11) is 1.64. The fourth-order valence-electron chi connectivity index (χ4n) is 2.80. The van der Waals surface area contributed by atoms with Crippen LogP contribution in [-0.4, -0.2) is 53.5 Å². The van der Waals surface area contributed by atoms with E-state index in [-0.39, 0.29) is 5.91 Å². The number of pyridine rings is 1. The number of nitrogens with zero attached hydrogens (tertiary/aromatic N) is 5. The van der Waals surface area contributed by atoms with Gasteiger partial charge in [0.25, 0.3) is 5.91 Å². The SMILES string of the molecule is CCc1nsc(N2CCCN(c3ncccc3C(=O)NC)CC2)n1. The van der Waals surface area contributed by atoms with Crippen molar-refractivity contribution in [2.45, 2.75) is 19.8 Å². The van der Waals surface area contributed by atoms with Gasteiger partial charge < -0.3 is 15.1 Å². The topological polar surface area (TPSA) is 74.2 Å². The van der Waals surface area contributed by atoms with Gasteiger partial charge in [0.15, 0.2) is 0 Å². The molecule has 7 nitrogen and oxygen atoms in total. The highest BCUT2D eigenvalue weighted by atomic mass is 32.1. The van der Waals surface area contributed by atoms with Gasteiger partial charge in [0.1, 0.15) is 11.6 Å². The van der Waals surface area contributed by atoms with Gasteiger partial charge in [-0.2, -0.15) is 4.37 Å². The number of carbonyl (C=O) groups is 1. The number of hydrogen-bond donors (Lipinski definition) is 1. The molecule has 1 fully saturated rings. The lowest BCUT2D eigenvalue weighted by Gasteiger charge is -2.24. The van der Waals surface area contributed by atoms with Crippen molar-refractivity contribution in [2.75, 3.05) is 43.0 Å². The van der Waals surface area contributed by atoms with E-state index < -0.39 is 0 Å². The van der Waals surface area contributed by atoms with Crippen LogP contribution in [0.15, 0.2) is 18.3 Å². The van der Waals surface area contributed by atoms with Crippen LogP contribution in [0, 0.1) is 0 Å². The van der Waals surface area contributed by atoms with E-state index in [1.54, 1.807) is 19.3 Å². The first-order valence-corrected chi connectivity index (χ1v) is 8.99. The molecule has 0 bridgehead atoms. The average molecular weight is 346 g/mol. The van der Waals surface area contributed by atoms with Crippen molar-refractivity contribution in [3.05, 3.63) is 29.7 Å². The average Bonchev–Trinajstić information content (AvgIpc) is 2.98. The summed E-state index contributed by atoms with van der Waals surface area (Å²) in [5.74, 6) is 1.56. The van der Waals surface area contributed by atoms with Crippen LogP contribution in [0.5, 0.6) is 0 Å². The van der Waals surface area contributed by atoms with Crippen molar-refractivity contribution < 1.29 is 4.79 Å². The molecule has 0 radical (unpaired) electrons. The predicted octanol–water partition coefficient (Wildman–Crippen LogP) is 1.57. The first-order valence-electron chi connectivity index (χ1n) is 8.22. The number of aryl methyl sites for hydroxylation is 1. The molecule has 1 N–H and O–H groups in total. The van der Waals surface area contributed by atoms with Crippen LogP contribution in [0.25, 0.3) is 0 Å². The van der Waals surface area contributed by atoms with E-state index in [9.17, 15) is 4.79 Å². The summed E-state index contributed by atoms with van der Waals surface area (Å²) >= 11 is 1.47. The van der Waals surface area contributed by atoms with Crippen molar-refractivity contribution in [2.24, 2.45) is 0 Å². The minimum atomic E-state index is -0.101. The summed E-state index contributed by atoms with van der Waals surface area (Å²) in [4.78, 5) is 25.6. The maximum absolute atomic E-state index is 12.1. The van der Waals surface area contributed by atoms with E-state index in [0.29, 0.717) is 5.56 Å². The minimum absolute atomic E-state index is 0.101. The van der Waals surface area contributed by atoms with Crippen molar-refractivity contribution in [1.29, 1.82) is 0 Å². The molecule has 1 saturated heterocycles. The zero-order valence-electron chi connectivity index (χ0n) is 14.0. The van der Waals surface area contributed by atoms with Gasteiger partial charge in [-0.05, 0) is 18.6 Å². The first-order chi connectivity index (χ1) is 11.7. The van der Waals surface area contributed by atoms with Gasteiger partial charge in [0, 0.05) is 57.4 Å². The number of carbonyl (C=O) groups excluding carboxylic acids is 1. The molecule has 1 amide bonds. The highest BCUT2D eigenvalue weighted by Gasteiger charge is 2.22. The van der Waals surface area contributed by atoms with E-state index in [2.05, 4.69) is 36.4 Å². The fraction of sp³-hybridized carbons (Fsp3) is 0.500. The zero-order valence-corrected chi connectivity index (χ0v) is 14.8. The van der Waals surface area contributed by atoms with E-state index >= 15 is 0 Å². The van der Waals surface area contributed by atoms with Gasteiger partial charge in [0.05, 0.1) is 5.56 Å². The number of hydrogen-bond acceptors (Lipinski definition) is 7. The van der Waals surface area contributed by atoms with Crippen LogP contribution < -0.4 is 15.1 Å². The number of aromatic nitrogens is 3. The van der Waals surface area contributed by atoms with Gasteiger partial charge in [0.2, 0.25) is 5.13 Å². The molecular formula is C16H22N6OS. The third kappa shape index (κ3) is 3.48. The lowest BCUT2D eigenvalue weighted by molar-refractivity contribution is 0.0963. The Hall–Kier alpha value is -2.22. The molecule has 2 aromatic rings. The quantitative estimate of drug-likeness (QED) is 0.906. The molecule has 2 aromatic heterocycles. The molecule has 3 rings (SSSR count). The van der Waals surface area contributed by atoms with Crippen LogP contribution in [0.4, 0.5) is 10.9 Å².